The molecule has 8 heteroatoms. The second-order valence-electron chi connectivity index (χ2n) is 10.9. The molecule has 32 heavy (non-hydrogen) atoms. The Bertz CT molecular complexity index is 719. The Labute approximate surface area is 191 Å². The van der Waals surface area contributed by atoms with E-state index >= 15 is 0 Å². The van der Waals surface area contributed by atoms with Gasteiger partial charge < -0.3 is 14.5 Å². The molecule has 6 unspecified atom stereocenters. The zero-order chi connectivity index (χ0) is 22.4. The van der Waals surface area contributed by atoms with Crippen LogP contribution in [0.15, 0.2) is 0 Å². The van der Waals surface area contributed by atoms with Crippen LogP contribution in [0, 0.1) is 11.8 Å². The summed E-state index contributed by atoms with van der Waals surface area (Å²) in [7, 11) is 0. The van der Waals surface area contributed by atoms with Gasteiger partial charge in [0.2, 0.25) is 5.91 Å². The van der Waals surface area contributed by atoms with E-state index in [1.54, 1.807) is 6.92 Å². The SMILES string of the molecule is CC(=O)N1C2CCC(C3CNN(C4CC4)C3)CC2N(C(=O)OC2CCCCC2F)C[C@@H]1C. The maximum absolute atomic E-state index is 14.4. The largest absolute Gasteiger partial charge is 0.443 e. The van der Waals surface area contributed by atoms with Crippen LogP contribution in [0.25, 0.3) is 0 Å². The normalized spacial score (nSPS) is 40.8. The lowest BCUT2D eigenvalue weighted by atomic mass is 9.73. The Balaban J connectivity index is 1.30. The number of carbonyl (C=O) groups excluding carboxylic acids is 2. The van der Waals surface area contributed by atoms with Crippen molar-refractivity contribution in [1.29, 1.82) is 0 Å². The van der Waals surface area contributed by atoms with Crippen molar-refractivity contribution in [3.63, 3.8) is 0 Å². The minimum Gasteiger partial charge on any atom is -0.443 e. The molecule has 0 spiro atoms. The molecule has 5 rings (SSSR count). The van der Waals surface area contributed by atoms with Gasteiger partial charge in [0.25, 0.3) is 0 Å². The van der Waals surface area contributed by atoms with Gasteiger partial charge in [0.1, 0.15) is 12.3 Å². The van der Waals surface area contributed by atoms with Crippen molar-refractivity contribution >= 4 is 12.0 Å². The highest BCUT2D eigenvalue weighted by Crippen LogP contribution is 2.41. The maximum atomic E-state index is 14.4. The van der Waals surface area contributed by atoms with Crippen LogP contribution in [0.1, 0.15) is 71.6 Å². The molecule has 2 saturated heterocycles. The number of amides is 2. The number of rotatable bonds is 3. The monoisotopic (exact) mass is 450 g/mol. The van der Waals surface area contributed by atoms with E-state index < -0.39 is 12.3 Å². The highest BCUT2D eigenvalue weighted by molar-refractivity contribution is 5.75. The number of fused-ring (bicyclic) bond motifs is 1. The van der Waals surface area contributed by atoms with Crippen molar-refractivity contribution in [3.05, 3.63) is 0 Å². The predicted octanol–water partition coefficient (Wildman–Crippen LogP) is 3.09. The number of alkyl halides is 1. The number of hydrogen-bond donors (Lipinski definition) is 1. The summed E-state index contributed by atoms with van der Waals surface area (Å²) in [6, 6.07) is 0.638. The molecule has 0 radical (unpaired) electrons. The van der Waals surface area contributed by atoms with Crippen LogP contribution in [0.4, 0.5) is 9.18 Å². The van der Waals surface area contributed by atoms with E-state index in [-0.39, 0.29) is 30.1 Å². The molecule has 0 aromatic heterocycles. The van der Waals surface area contributed by atoms with Gasteiger partial charge in [-0.2, -0.15) is 0 Å². The molecule has 0 aromatic carbocycles. The molecule has 2 heterocycles. The molecule has 7 nitrogen and oxygen atoms in total. The van der Waals surface area contributed by atoms with Crippen LogP contribution >= 0.6 is 0 Å². The lowest BCUT2D eigenvalue weighted by Crippen LogP contribution is -2.67. The molecule has 3 saturated carbocycles. The molecule has 180 valence electrons. The maximum Gasteiger partial charge on any atom is 0.410 e. The number of nitrogens with zero attached hydrogens (tertiary/aromatic N) is 3. The number of hydrazine groups is 1. The smallest absolute Gasteiger partial charge is 0.410 e. The van der Waals surface area contributed by atoms with E-state index in [9.17, 15) is 14.0 Å². The first-order chi connectivity index (χ1) is 15.4. The van der Waals surface area contributed by atoms with E-state index in [1.807, 2.05) is 16.7 Å². The Kier molecular flexibility index (Phi) is 6.36. The molecule has 2 aliphatic heterocycles. The number of nitrogens with one attached hydrogen (secondary N) is 1. The molecule has 5 aliphatic rings. The molecule has 0 aromatic rings. The van der Waals surface area contributed by atoms with E-state index in [2.05, 4.69) is 10.4 Å². The van der Waals surface area contributed by atoms with Gasteiger partial charge in [-0.3, -0.25) is 10.2 Å². The first-order valence-corrected chi connectivity index (χ1v) is 12.8. The van der Waals surface area contributed by atoms with Gasteiger partial charge in [-0.1, -0.05) is 6.42 Å². The van der Waals surface area contributed by atoms with Gasteiger partial charge in [-0.25, -0.2) is 14.2 Å². The quantitative estimate of drug-likeness (QED) is 0.716. The van der Waals surface area contributed by atoms with Gasteiger partial charge in [-0.05, 0) is 70.1 Å². The van der Waals surface area contributed by atoms with Gasteiger partial charge in [0.15, 0.2) is 0 Å². The highest BCUT2D eigenvalue weighted by Gasteiger charge is 2.49. The van der Waals surface area contributed by atoms with Crippen LogP contribution in [0.2, 0.25) is 0 Å². The topological polar surface area (TPSA) is 65.1 Å². The predicted molar refractivity (Wildman–Crippen MR) is 118 cm³/mol. The lowest BCUT2D eigenvalue weighted by molar-refractivity contribution is -0.143. The van der Waals surface area contributed by atoms with Crippen LogP contribution < -0.4 is 5.43 Å². The second-order valence-corrected chi connectivity index (χ2v) is 10.9. The Hall–Kier alpha value is -1.41. The van der Waals surface area contributed by atoms with Gasteiger partial charge in [0.05, 0.1) is 12.1 Å². The summed E-state index contributed by atoms with van der Waals surface area (Å²) < 4.78 is 20.1. The first kappa shape index (κ1) is 22.4. The molecular weight excluding hydrogens is 411 g/mol. The molecule has 0 bridgehead atoms. The fourth-order valence-corrected chi connectivity index (χ4v) is 6.82. The van der Waals surface area contributed by atoms with E-state index in [1.165, 1.54) is 12.8 Å². The first-order valence-electron chi connectivity index (χ1n) is 12.8. The Morgan fingerprint density at radius 1 is 0.969 bits per heavy atom. The molecule has 1 N–H and O–H groups in total. The summed E-state index contributed by atoms with van der Waals surface area (Å²) in [6.07, 6.45) is 6.27. The summed E-state index contributed by atoms with van der Waals surface area (Å²) >= 11 is 0. The molecular formula is C24H39FN4O3. The summed E-state index contributed by atoms with van der Waals surface area (Å²) in [5.74, 6) is 1.18. The van der Waals surface area contributed by atoms with Crippen LogP contribution in [0.5, 0.6) is 0 Å². The fourth-order valence-electron chi connectivity index (χ4n) is 6.82. The number of hydrogen-bond acceptors (Lipinski definition) is 5. The number of piperazine rings is 1. The third-order valence-electron chi connectivity index (χ3n) is 8.63. The van der Waals surface area contributed by atoms with Gasteiger partial charge in [-0.15, -0.1) is 0 Å². The van der Waals surface area contributed by atoms with Crippen molar-refractivity contribution in [2.75, 3.05) is 19.6 Å². The molecule has 5 fully saturated rings. The molecule has 7 atom stereocenters. The summed E-state index contributed by atoms with van der Waals surface area (Å²) in [6.45, 7) is 6.19. The average Bonchev–Trinajstić information content (AvgIpc) is 3.50. The van der Waals surface area contributed by atoms with Crippen molar-refractivity contribution in [2.45, 2.75) is 108 Å². The van der Waals surface area contributed by atoms with Crippen molar-refractivity contribution < 1.29 is 18.7 Å². The number of carbonyl (C=O) groups is 2. The minimum atomic E-state index is -1.06. The Morgan fingerprint density at radius 3 is 2.47 bits per heavy atom. The standard InChI is InChI=1S/C24H39FN4O3/c1-15-13-27(24(31)32-23-6-4-3-5-20(23)25)22-11-17(7-10-21(22)29(15)16(2)30)18-12-26-28(14-18)19-8-9-19/h15,17-23,26H,3-14H2,1-2H3/t15-,17?,18?,20?,21?,22?,23?/m0/s1. The lowest BCUT2D eigenvalue weighted by Gasteiger charge is -2.54. The van der Waals surface area contributed by atoms with E-state index in [4.69, 9.17) is 4.74 Å². The van der Waals surface area contributed by atoms with Crippen LogP contribution in [-0.4, -0.2) is 82.9 Å². The third kappa shape index (κ3) is 4.37. The third-order valence-corrected chi connectivity index (χ3v) is 8.63. The number of ether oxygens (including phenoxy) is 1. The summed E-state index contributed by atoms with van der Waals surface area (Å²) in [5.41, 5.74) is 3.59. The van der Waals surface area contributed by atoms with Gasteiger partial charge in [0, 0.05) is 38.6 Å². The summed E-state index contributed by atoms with van der Waals surface area (Å²) in [4.78, 5) is 29.6. The van der Waals surface area contributed by atoms with Crippen LogP contribution in [-0.2, 0) is 9.53 Å². The number of halogens is 1. The highest BCUT2D eigenvalue weighted by atomic mass is 19.1. The average molecular weight is 451 g/mol. The van der Waals surface area contributed by atoms with Gasteiger partial charge >= 0.3 is 6.09 Å². The van der Waals surface area contributed by atoms with Crippen molar-refractivity contribution in [1.82, 2.24) is 20.2 Å². The van der Waals surface area contributed by atoms with Crippen LogP contribution in [0.3, 0.4) is 0 Å². The van der Waals surface area contributed by atoms with E-state index in [0.29, 0.717) is 37.3 Å². The van der Waals surface area contributed by atoms with Crippen molar-refractivity contribution in [3.8, 4) is 0 Å². The minimum absolute atomic E-state index is 0.0291. The zero-order valence-corrected chi connectivity index (χ0v) is 19.5. The van der Waals surface area contributed by atoms with E-state index in [0.717, 1.165) is 45.2 Å². The second kappa shape index (κ2) is 9.09. The molecule has 3 aliphatic carbocycles. The fraction of sp³-hybridized carbons (Fsp3) is 0.917. The molecule has 2 amide bonds. The summed E-state index contributed by atoms with van der Waals surface area (Å²) in [5, 5.41) is 2.41. The zero-order valence-electron chi connectivity index (χ0n) is 19.5. The Morgan fingerprint density at radius 2 is 1.75 bits per heavy atom. The van der Waals surface area contributed by atoms with Crippen molar-refractivity contribution in [2.24, 2.45) is 11.8 Å².